The Labute approximate surface area is 134 Å². The SMILES string of the molecule is CS(=O)(=O)NC1CCN(CC(=O)NCC2CCCCC2)CC1. The van der Waals surface area contributed by atoms with E-state index in [9.17, 15) is 13.2 Å². The van der Waals surface area contributed by atoms with Gasteiger partial charge >= 0.3 is 0 Å². The van der Waals surface area contributed by atoms with E-state index in [0.717, 1.165) is 32.5 Å². The van der Waals surface area contributed by atoms with Crippen LogP contribution in [0.5, 0.6) is 0 Å². The molecule has 0 radical (unpaired) electrons. The largest absolute Gasteiger partial charge is 0.355 e. The van der Waals surface area contributed by atoms with Gasteiger partial charge in [-0.1, -0.05) is 19.3 Å². The van der Waals surface area contributed by atoms with Gasteiger partial charge in [-0.3, -0.25) is 9.69 Å². The van der Waals surface area contributed by atoms with Crippen molar-refractivity contribution in [2.45, 2.75) is 51.0 Å². The van der Waals surface area contributed by atoms with Crippen LogP contribution in [0.3, 0.4) is 0 Å². The fourth-order valence-electron chi connectivity index (χ4n) is 3.42. The van der Waals surface area contributed by atoms with E-state index >= 15 is 0 Å². The van der Waals surface area contributed by atoms with Crippen molar-refractivity contribution < 1.29 is 13.2 Å². The summed E-state index contributed by atoms with van der Waals surface area (Å²) in [5.41, 5.74) is 0. The van der Waals surface area contributed by atoms with E-state index < -0.39 is 10.0 Å². The van der Waals surface area contributed by atoms with Gasteiger partial charge < -0.3 is 5.32 Å². The second-order valence-corrected chi connectivity index (χ2v) is 8.53. The van der Waals surface area contributed by atoms with E-state index in [4.69, 9.17) is 0 Å². The smallest absolute Gasteiger partial charge is 0.234 e. The summed E-state index contributed by atoms with van der Waals surface area (Å²) < 4.78 is 25.1. The number of amides is 1. The molecule has 22 heavy (non-hydrogen) atoms. The summed E-state index contributed by atoms with van der Waals surface area (Å²) in [5, 5.41) is 3.06. The first kappa shape index (κ1) is 17.7. The summed E-state index contributed by atoms with van der Waals surface area (Å²) in [6.07, 6.45) is 9.12. The summed E-state index contributed by atoms with van der Waals surface area (Å²) in [6, 6.07) is 0.0107. The highest BCUT2D eigenvalue weighted by atomic mass is 32.2. The zero-order valence-electron chi connectivity index (χ0n) is 13.5. The molecule has 0 aromatic rings. The van der Waals surface area contributed by atoms with Gasteiger partial charge in [0.25, 0.3) is 0 Å². The fraction of sp³-hybridized carbons (Fsp3) is 0.933. The number of hydrogen-bond donors (Lipinski definition) is 2. The number of carbonyl (C=O) groups excluding carboxylic acids is 1. The molecule has 1 heterocycles. The Morgan fingerprint density at radius 2 is 1.73 bits per heavy atom. The highest BCUT2D eigenvalue weighted by Gasteiger charge is 2.23. The normalized spacial score (nSPS) is 22.6. The average Bonchev–Trinajstić information content (AvgIpc) is 2.47. The molecule has 0 bridgehead atoms. The maximum absolute atomic E-state index is 12.0. The van der Waals surface area contributed by atoms with E-state index in [-0.39, 0.29) is 11.9 Å². The van der Waals surface area contributed by atoms with E-state index in [0.29, 0.717) is 12.5 Å². The van der Waals surface area contributed by atoms with Crippen molar-refractivity contribution >= 4 is 15.9 Å². The molecule has 2 fully saturated rings. The van der Waals surface area contributed by atoms with Crippen LogP contribution in [0.2, 0.25) is 0 Å². The van der Waals surface area contributed by atoms with Crippen molar-refractivity contribution in [2.24, 2.45) is 5.92 Å². The van der Waals surface area contributed by atoms with Gasteiger partial charge in [0.1, 0.15) is 0 Å². The molecule has 1 amide bonds. The molecule has 1 aliphatic carbocycles. The predicted octanol–water partition coefficient (Wildman–Crippen LogP) is 0.697. The monoisotopic (exact) mass is 331 g/mol. The number of likely N-dealkylation sites (tertiary alicyclic amines) is 1. The summed E-state index contributed by atoms with van der Waals surface area (Å²) >= 11 is 0. The lowest BCUT2D eigenvalue weighted by atomic mass is 9.89. The number of nitrogens with one attached hydrogen (secondary N) is 2. The highest BCUT2D eigenvalue weighted by Crippen LogP contribution is 2.22. The number of nitrogens with zero attached hydrogens (tertiary/aromatic N) is 1. The third kappa shape index (κ3) is 6.62. The van der Waals surface area contributed by atoms with Gasteiger partial charge in [-0.2, -0.15) is 0 Å². The third-order valence-corrected chi connectivity index (χ3v) is 5.41. The minimum absolute atomic E-state index is 0.0107. The van der Waals surface area contributed by atoms with Crippen LogP contribution >= 0.6 is 0 Å². The van der Waals surface area contributed by atoms with Crippen molar-refractivity contribution in [1.82, 2.24) is 14.9 Å². The second kappa shape index (κ2) is 8.26. The van der Waals surface area contributed by atoms with Gasteiger partial charge in [0.05, 0.1) is 12.8 Å². The summed E-state index contributed by atoms with van der Waals surface area (Å²) in [4.78, 5) is 14.1. The number of rotatable bonds is 6. The molecule has 0 unspecified atom stereocenters. The summed E-state index contributed by atoms with van der Waals surface area (Å²) in [6.45, 7) is 2.78. The Balaban J connectivity index is 1.62. The Morgan fingerprint density at radius 1 is 1.09 bits per heavy atom. The van der Waals surface area contributed by atoms with Crippen LogP contribution in [0, 0.1) is 5.92 Å². The molecular weight excluding hydrogens is 302 g/mol. The molecule has 2 aliphatic rings. The van der Waals surface area contributed by atoms with Crippen LogP contribution in [0.25, 0.3) is 0 Å². The van der Waals surface area contributed by atoms with E-state index in [2.05, 4.69) is 14.9 Å². The van der Waals surface area contributed by atoms with Gasteiger partial charge in [0.15, 0.2) is 0 Å². The van der Waals surface area contributed by atoms with Crippen molar-refractivity contribution in [2.75, 3.05) is 32.4 Å². The zero-order valence-corrected chi connectivity index (χ0v) is 14.3. The molecule has 2 rings (SSSR count). The highest BCUT2D eigenvalue weighted by molar-refractivity contribution is 7.88. The Bertz CT molecular complexity index is 453. The standard InChI is InChI=1S/C15H29N3O3S/c1-22(20,21)17-14-7-9-18(10-8-14)12-15(19)16-11-13-5-3-2-4-6-13/h13-14,17H,2-12H2,1H3,(H,16,19). The first-order chi connectivity index (χ1) is 10.4. The van der Waals surface area contributed by atoms with Crippen LogP contribution < -0.4 is 10.0 Å². The fourth-order valence-corrected chi connectivity index (χ4v) is 4.26. The third-order valence-electron chi connectivity index (χ3n) is 4.65. The topological polar surface area (TPSA) is 78.5 Å². The molecule has 7 heteroatoms. The molecule has 1 saturated heterocycles. The molecule has 128 valence electrons. The zero-order chi connectivity index (χ0) is 16.0. The van der Waals surface area contributed by atoms with Crippen LogP contribution in [0.4, 0.5) is 0 Å². The van der Waals surface area contributed by atoms with Gasteiger partial charge in [0, 0.05) is 25.7 Å². The number of sulfonamides is 1. The molecule has 1 saturated carbocycles. The lowest BCUT2D eigenvalue weighted by Gasteiger charge is -2.31. The number of hydrogen-bond acceptors (Lipinski definition) is 4. The van der Waals surface area contributed by atoms with Crippen LogP contribution in [-0.4, -0.2) is 57.7 Å². The molecule has 0 atom stereocenters. The quantitative estimate of drug-likeness (QED) is 0.751. The summed E-state index contributed by atoms with van der Waals surface area (Å²) in [7, 11) is -3.13. The molecule has 2 N–H and O–H groups in total. The molecular formula is C15H29N3O3S. The predicted molar refractivity (Wildman–Crippen MR) is 87.0 cm³/mol. The molecule has 1 aliphatic heterocycles. The molecule has 0 aromatic carbocycles. The minimum atomic E-state index is -3.13. The maximum Gasteiger partial charge on any atom is 0.234 e. The van der Waals surface area contributed by atoms with Gasteiger partial charge in [-0.15, -0.1) is 0 Å². The molecule has 0 spiro atoms. The van der Waals surface area contributed by atoms with Crippen molar-refractivity contribution in [3.05, 3.63) is 0 Å². The number of carbonyl (C=O) groups is 1. The van der Waals surface area contributed by atoms with Crippen molar-refractivity contribution in [3.63, 3.8) is 0 Å². The van der Waals surface area contributed by atoms with Gasteiger partial charge in [0.2, 0.25) is 15.9 Å². The van der Waals surface area contributed by atoms with Crippen LogP contribution in [-0.2, 0) is 14.8 Å². The minimum Gasteiger partial charge on any atom is -0.355 e. The number of piperidine rings is 1. The van der Waals surface area contributed by atoms with Crippen LogP contribution in [0.1, 0.15) is 44.9 Å². The molecule has 0 aromatic heterocycles. The first-order valence-corrected chi connectivity index (χ1v) is 10.3. The average molecular weight is 331 g/mol. The van der Waals surface area contributed by atoms with Crippen LogP contribution in [0.15, 0.2) is 0 Å². The maximum atomic E-state index is 12.0. The summed E-state index contributed by atoms with van der Waals surface area (Å²) in [5.74, 6) is 0.752. The lowest BCUT2D eigenvalue weighted by Crippen LogP contribution is -2.47. The van der Waals surface area contributed by atoms with E-state index in [1.807, 2.05) is 0 Å². The van der Waals surface area contributed by atoms with Crippen molar-refractivity contribution in [3.8, 4) is 0 Å². The van der Waals surface area contributed by atoms with Gasteiger partial charge in [-0.25, -0.2) is 13.1 Å². The Hall–Kier alpha value is -0.660. The van der Waals surface area contributed by atoms with E-state index in [1.54, 1.807) is 0 Å². The lowest BCUT2D eigenvalue weighted by molar-refractivity contribution is -0.122. The van der Waals surface area contributed by atoms with E-state index in [1.165, 1.54) is 38.4 Å². The molecule has 6 nitrogen and oxygen atoms in total. The first-order valence-electron chi connectivity index (χ1n) is 8.39. The second-order valence-electron chi connectivity index (χ2n) is 6.75. The van der Waals surface area contributed by atoms with Gasteiger partial charge in [-0.05, 0) is 31.6 Å². The Kier molecular flexibility index (Phi) is 6.65. The Morgan fingerprint density at radius 3 is 2.32 bits per heavy atom. The van der Waals surface area contributed by atoms with Crippen molar-refractivity contribution in [1.29, 1.82) is 0 Å².